The molecule has 2 aromatic rings. The topological polar surface area (TPSA) is 94.0 Å². The Bertz CT molecular complexity index is 529. The molecule has 0 aliphatic heterocycles. The number of hydrogen-bond donors (Lipinski definition) is 2. The number of fused-ring (bicyclic) bond motifs is 1. The molecule has 18 heavy (non-hydrogen) atoms. The Labute approximate surface area is 105 Å². The summed E-state index contributed by atoms with van der Waals surface area (Å²) >= 11 is 0. The molecule has 0 spiro atoms. The monoisotopic (exact) mass is 247 g/mol. The van der Waals surface area contributed by atoms with Gasteiger partial charge in [0.1, 0.15) is 5.82 Å². The maximum Gasteiger partial charge on any atom is 0.200 e. The molecular formula is C11H17N7. The number of hydrogen-bond acceptors (Lipinski definition) is 6. The lowest BCUT2D eigenvalue weighted by Gasteiger charge is -2.27. The second kappa shape index (κ2) is 4.49. The molecule has 1 saturated carbocycles. The third-order valence-corrected chi connectivity index (χ3v) is 3.81. The fraction of sp³-hybridized carbons (Fsp3) is 0.636. The molecule has 0 bridgehead atoms. The predicted octanol–water partition coefficient (Wildman–Crippen LogP) is 0.450. The van der Waals surface area contributed by atoms with Crippen LogP contribution in [0.25, 0.3) is 5.65 Å². The Kier molecular flexibility index (Phi) is 2.83. The van der Waals surface area contributed by atoms with Gasteiger partial charge in [0.15, 0.2) is 5.65 Å². The molecule has 1 fully saturated rings. The Morgan fingerprint density at radius 3 is 2.94 bits per heavy atom. The van der Waals surface area contributed by atoms with Crippen molar-refractivity contribution in [1.82, 2.24) is 25.3 Å². The molecule has 0 amide bonds. The number of rotatable bonds is 4. The molecule has 0 radical (unpaired) electrons. The summed E-state index contributed by atoms with van der Waals surface area (Å²) < 4.78 is 1.42. The van der Waals surface area contributed by atoms with E-state index >= 15 is 0 Å². The number of nitrogens with zero attached hydrogens (tertiary/aromatic N) is 5. The molecule has 1 aliphatic rings. The zero-order valence-electron chi connectivity index (χ0n) is 10.2. The number of nitrogens with one attached hydrogen (secondary N) is 1. The fourth-order valence-electron chi connectivity index (χ4n) is 2.60. The first kappa shape index (κ1) is 11.3. The summed E-state index contributed by atoms with van der Waals surface area (Å²) in [7, 11) is 0. The summed E-state index contributed by atoms with van der Waals surface area (Å²) in [6, 6.07) is 3.74. The first-order valence-corrected chi connectivity index (χ1v) is 6.31. The summed E-state index contributed by atoms with van der Waals surface area (Å²) in [6.07, 6.45) is 4.95. The van der Waals surface area contributed by atoms with Crippen molar-refractivity contribution >= 4 is 11.5 Å². The van der Waals surface area contributed by atoms with Crippen molar-refractivity contribution in [3.05, 3.63) is 12.1 Å². The maximum atomic E-state index is 5.91. The highest BCUT2D eigenvalue weighted by atomic mass is 15.6. The molecule has 0 unspecified atom stereocenters. The highest BCUT2D eigenvalue weighted by molar-refractivity contribution is 5.42. The van der Waals surface area contributed by atoms with E-state index in [2.05, 4.69) is 25.9 Å². The van der Waals surface area contributed by atoms with Crippen molar-refractivity contribution < 1.29 is 0 Å². The minimum Gasteiger partial charge on any atom is -0.368 e. The maximum absolute atomic E-state index is 5.91. The minimum atomic E-state index is 0.233. The van der Waals surface area contributed by atoms with Crippen LogP contribution in [0.2, 0.25) is 0 Å². The predicted molar refractivity (Wildman–Crippen MR) is 67.0 cm³/mol. The SMILES string of the molecule is NCC1(CNc2ccc3nnnn3n2)CCCC1. The van der Waals surface area contributed by atoms with Gasteiger partial charge in [-0.25, -0.2) is 0 Å². The summed E-state index contributed by atoms with van der Waals surface area (Å²) in [5.41, 5.74) is 6.79. The van der Waals surface area contributed by atoms with Gasteiger partial charge in [-0.15, -0.1) is 14.8 Å². The quantitative estimate of drug-likeness (QED) is 0.814. The van der Waals surface area contributed by atoms with E-state index in [0.717, 1.165) is 18.9 Å². The fourth-order valence-corrected chi connectivity index (χ4v) is 2.60. The molecule has 2 heterocycles. The third-order valence-electron chi connectivity index (χ3n) is 3.81. The van der Waals surface area contributed by atoms with Crippen molar-refractivity contribution in [2.24, 2.45) is 11.1 Å². The largest absolute Gasteiger partial charge is 0.368 e. The van der Waals surface area contributed by atoms with E-state index in [1.807, 2.05) is 12.1 Å². The van der Waals surface area contributed by atoms with Crippen LogP contribution in [0.1, 0.15) is 25.7 Å². The van der Waals surface area contributed by atoms with E-state index in [-0.39, 0.29) is 5.41 Å². The minimum absolute atomic E-state index is 0.233. The Morgan fingerprint density at radius 1 is 1.33 bits per heavy atom. The molecule has 2 aromatic heterocycles. The van der Waals surface area contributed by atoms with Crippen LogP contribution in [0.3, 0.4) is 0 Å². The first-order valence-electron chi connectivity index (χ1n) is 6.31. The number of anilines is 1. The van der Waals surface area contributed by atoms with Gasteiger partial charge in [-0.05, 0) is 47.4 Å². The van der Waals surface area contributed by atoms with Crippen LogP contribution in [-0.4, -0.2) is 38.3 Å². The van der Waals surface area contributed by atoms with Gasteiger partial charge in [0.2, 0.25) is 0 Å². The van der Waals surface area contributed by atoms with Gasteiger partial charge in [0.25, 0.3) is 0 Å². The second-order valence-electron chi connectivity index (χ2n) is 5.01. The van der Waals surface area contributed by atoms with Crippen molar-refractivity contribution in [1.29, 1.82) is 0 Å². The molecule has 3 rings (SSSR count). The lowest BCUT2D eigenvalue weighted by atomic mass is 9.86. The van der Waals surface area contributed by atoms with Gasteiger partial charge in [-0.1, -0.05) is 12.8 Å². The Morgan fingerprint density at radius 2 is 2.17 bits per heavy atom. The van der Waals surface area contributed by atoms with Gasteiger partial charge >= 0.3 is 0 Å². The number of nitrogens with two attached hydrogens (primary N) is 1. The first-order chi connectivity index (χ1) is 8.81. The van der Waals surface area contributed by atoms with Crippen molar-refractivity contribution in [3.63, 3.8) is 0 Å². The zero-order valence-corrected chi connectivity index (χ0v) is 10.2. The van der Waals surface area contributed by atoms with Crippen LogP contribution in [0, 0.1) is 5.41 Å². The highest BCUT2D eigenvalue weighted by Crippen LogP contribution is 2.36. The van der Waals surface area contributed by atoms with Gasteiger partial charge < -0.3 is 11.1 Å². The molecule has 7 heteroatoms. The van der Waals surface area contributed by atoms with Crippen LogP contribution in [0.4, 0.5) is 5.82 Å². The zero-order chi connectivity index (χ0) is 12.4. The molecule has 0 atom stereocenters. The van der Waals surface area contributed by atoms with E-state index in [1.165, 1.54) is 30.3 Å². The third kappa shape index (κ3) is 2.01. The molecule has 0 aromatic carbocycles. The van der Waals surface area contributed by atoms with E-state index in [9.17, 15) is 0 Å². The van der Waals surface area contributed by atoms with Gasteiger partial charge in [-0.2, -0.15) is 0 Å². The smallest absolute Gasteiger partial charge is 0.200 e. The van der Waals surface area contributed by atoms with E-state index in [0.29, 0.717) is 5.65 Å². The Hall–Kier alpha value is -1.76. The second-order valence-corrected chi connectivity index (χ2v) is 5.01. The highest BCUT2D eigenvalue weighted by Gasteiger charge is 2.32. The number of aromatic nitrogens is 5. The Balaban J connectivity index is 1.72. The molecular weight excluding hydrogens is 230 g/mol. The summed E-state index contributed by atoms with van der Waals surface area (Å²) in [5.74, 6) is 0.787. The van der Waals surface area contributed by atoms with E-state index in [4.69, 9.17) is 5.73 Å². The van der Waals surface area contributed by atoms with Crippen LogP contribution in [-0.2, 0) is 0 Å². The van der Waals surface area contributed by atoms with Gasteiger partial charge in [0.05, 0.1) is 0 Å². The van der Waals surface area contributed by atoms with Crippen LogP contribution in [0.15, 0.2) is 12.1 Å². The molecule has 3 N–H and O–H groups in total. The van der Waals surface area contributed by atoms with Crippen LogP contribution in [0.5, 0.6) is 0 Å². The summed E-state index contributed by atoms with van der Waals surface area (Å²) in [6.45, 7) is 1.59. The summed E-state index contributed by atoms with van der Waals surface area (Å²) in [4.78, 5) is 0. The van der Waals surface area contributed by atoms with E-state index < -0.39 is 0 Å². The van der Waals surface area contributed by atoms with Crippen molar-refractivity contribution in [2.45, 2.75) is 25.7 Å². The van der Waals surface area contributed by atoms with Crippen LogP contribution < -0.4 is 11.1 Å². The molecule has 7 nitrogen and oxygen atoms in total. The van der Waals surface area contributed by atoms with Crippen molar-refractivity contribution in [2.75, 3.05) is 18.4 Å². The lowest BCUT2D eigenvalue weighted by molar-refractivity contribution is 0.331. The van der Waals surface area contributed by atoms with Crippen molar-refractivity contribution in [3.8, 4) is 0 Å². The standard InChI is InChI=1S/C11H17N7/c12-7-11(5-1-2-6-11)8-13-9-3-4-10-14-16-17-18(10)15-9/h3-4H,1-2,5-8,12H2,(H,13,15). The normalized spacial score (nSPS) is 18.3. The van der Waals surface area contributed by atoms with Crippen LogP contribution >= 0.6 is 0 Å². The van der Waals surface area contributed by atoms with E-state index in [1.54, 1.807) is 0 Å². The number of tetrazole rings is 1. The lowest BCUT2D eigenvalue weighted by Crippen LogP contribution is -2.34. The molecule has 0 saturated heterocycles. The van der Waals surface area contributed by atoms with Gasteiger partial charge in [0, 0.05) is 6.54 Å². The summed E-state index contributed by atoms with van der Waals surface area (Å²) in [5, 5.41) is 18.8. The average Bonchev–Trinajstić information content (AvgIpc) is 3.05. The molecule has 96 valence electrons. The van der Waals surface area contributed by atoms with Gasteiger partial charge in [-0.3, -0.25) is 0 Å². The molecule has 1 aliphatic carbocycles. The average molecular weight is 247 g/mol.